The minimum Gasteiger partial charge on any atom is -0.338 e. The molecule has 4 heteroatoms. The van der Waals surface area contributed by atoms with Crippen LogP contribution in [0.25, 0.3) is 0 Å². The fourth-order valence-corrected chi connectivity index (χ4v) is 1.55. The summed E-state index contributed by atoms with van der Waals surface area (Å²) in [5, 5.41) is 3.21. The number of likely N-dealkylation sites (N-methyl/N-ethyl adjacent to an activating group) is 1. The zero-order valence-corrected chi connectivity index (χ0v) is 11.9. The molecule has 1 unspecified atom stereocenters. The van der Waals surface area contributed by atoms with Crippen molar-refractivity contribution in [2.24, 2.45) is 0 Å². The van der Waals surface area contributed by atoms with Gasteiger partial charge in [0.15, 0.2) is 0 Å². The lowest BCUT2D eigenvalue weighted by Gasteiger charge is -2.27. The van der Waals surface area contributed by atoms with Gasteiger partial charge in [-0.2, -0.15) is 0 Å². The van der Waals surface area contributed by atoms with E-state index in [0.717, 1.165) is 5.56 Å². The maximum atomic E-state index is 12.1. The van der Waals surface area contributed by atoms with Gasteiger partial charge in [0.2, 0.25) is 5.91 Å². The van der Waals surface area contributed by atoms with Gasteiger partial charge in [0, 0.05) is 25.0 Å². The highest BCUT2D eigenvalue weighted by molar-refractivity contribution is 5.78. The molecule has 0 saturated carbocycles. The summed E-state index contributed by atoms with van der Waals surface area (Å²) in [5.41, 5.74) is 1.05. The van der Waals surface area contributed by atoms with Gasteiger partial charge in [-0.3, -0.25) is 9.78 Å². The minimum absolute atomic E-state index is 0.0452. The molecular formula is C14H23N3O. The predicted octanol–water partition coefficient (Wildman–Crippen LogP) is 1.99. The molecule has 1 atom stereocenters. The molecule has 0 aliphatic heterocycles. The number of rotatable bonds is 4. The highest BCUT2D eigenvalue weighted by atomic mass is 16.2. The number of pyridine rings is 1. The number of aromatic nitrogens is 1. The van der Waals surface area contributed by atoms with Gasteiger partial charge in [0.25, 0.3) is 0 Å². The standard InChI is InChI=1S/C14H23N3O/c1-11(12-6-8-15-9-7-12)17(5)13(18)10-16-14(2,3)4/h6-9,11,16H,10H2,1-5H3. The number of carbonyl (C=O) groups excluding carboxylic acids is 1. The third-order valence-electron chi connectivity index (χ3n) is 2.93. The van der Waals surface area contributed by atoms with Crippen LogP contribution in [-0.2, 0) is 4.79 Å². The predicted molar refractivity (Wildman–Crippen MR) is 73.2 cm³/mol. The first-order valence-electron chi connectivity index (χ1n) is 6.22. The average Bonchev–Trinajstić information content (AvgIpc) is 2.34. The van der Waals surface area contributed by atoms with E-state index >= 15 is 0 Å². The highest BCUT2D eigenvalue weighted by Gasteiger charge is 2.19. The van der Waals surface area contributed by atoms with E-state index in [0.29, 0.717) is 6.54 Å². The quantitative estimate of drug-likeness (QED) is 0.887. The zero-order chi connectivity index (χ0) is 13.8. The van der Waals surface area contributed by atoms with E-state index in [-0.39, 0.29) is 17.5 Å². The van der Waals surface area contributed by atoms with Crippen molar-refractivity contribution in [3.8, 4) is 0 Å². The average molecular weight is 249 g/mol. The number of hydrogen-bond acceptors (Lipinski definition) is 3. The Kier molecular flexibility index (Phi) is 4.84. The first-order chi connectivity index (χ1) is 8.31. The molecule has 1 heterocycles. The largest absolute Gasteiger partial charge is 0.338 e. The topological polar surface area (TPSA) is 45.2 Å². The van der Waals surface area contributed by atoms with Crippen LogP contribution in [0.1, 0.15) is 39.3 Å². The van der Waals surface area contributed by atoms with Crippen molar-refractivity contribution < 1.29 is 4.79 Å². The second-order valence-electron chi connectivity index (χ2n) is 5.56. The van der Waals surface area contributed by atoms with Crippen LogP contribution in [-0.4, -0.2) is 34.9 Å². The minimum atomic E-state index is -0.0452. The molecule has 0 saturated heterocycles. The first kappa shape index (κ1) is 14.6. The first-order valence-corrected chi connectivity index (χ1v) is 6.22. The van der Waals surface area contributed by atoms with Crippen molar-refractivity contribution in [2.75, 3.05) is 13.6 Å². The van der Waals surface area contributed by atoms with E-state index < -0.39 is 0 Å². The molecule has 1 amide bonds. The molecule has 1 aromatic heterocycles. The molecule has 1 rings (SSSR count). The van der Waals surface area contributed by atoms with E-state index in [9.17, 15) is 4.79 Å². The molecule has 4 nitrogen and oxygen atoms in total. The van der Waals surface area contributed by atoms with E-state index in [4.69, 9.17) is 0 Å². The third-order valence-corrected chi connectivity index (χ3v) is 2.93. The summed E-state index contributed by atoms with van der Waals surface area (Å²) < 4.78 is 0. The van der Waals surface area contributed by atoms with Crippen LogP contribution in [0.4, 0.5) is 0 Å². The SMILES string of the molecule is CC(c1ccncc1)N(C)C(=O)CNC(C)(C)C. The fraction of sp³-hybridized carbons (Fsp3) is 0.571. The van der Waals surface area contributed by atoms with Gasteiger partial charge in [0.05, 0.1) is 12.6 Å². The molecule has 0 bridgehead atoms. The molecule has 0 aliphatic rings. The second-order valence-corrected chi connectivity index (χ2v) is 5.56. The summed E-state index contributed by atoms with van der Waals surface area (Å²) in [7, 11) is 1.83. The number of amides is 1. The van der Waals surface area contributed by atoms with Crippen LogP contribution in [0.15, 0.2) is 24.5 Å². The number of carbonyl (C=O) groups is 1. The summed E-state index contributed by atoms with van der Waals surface area (Å²) in [6, 6.07) is 3.93. The maximum absolute atomic E-state index is 12.1. The van der Waals surface area contributed by atoms with Gasteiger partial charge in [0.1, 0.15) is 0 Å². The van der Waals surface area contributed by atoms with E-state index in [1.54, 1.807) is 17.3 Å². The Labute approximate surface area is 109 Å². The molecule has 0 spiro atoms. The van der Waals surface area contributed by atoms with Gasteiger partial charge in [-0.05, 0) is 45.4 Å². The van der Waals surface area contributed by atoms with Crippen molar-refractivity contribution in [1.82, 2.24) is 15.2 Å². The number of hydrogen-bond donors (Lipinski definition) is 1. The normalized spacial score (nSPS) is 13.2. The van der Waals surface area contributed by atoms with Gasteiger partial charge < -0.3 is 10.2 Å². The summed E-state index contributed by atoms with van der Waals surface area (Å²) in [5.74, 6) is 0.0919. The second kappa shape index (κ2) is 5.96. The van der Waals surface area contributed by atoms with Crippen LogP contribution in [0.2, 0.25) is 0 Å². The van der Waals surface area contributed by atoms with Crippen molar-refractivity contribution in [3.63, 3.8) is 0 Å². The molecule has 0 aromatic carbocycles. The lowest BCUT2D eigenvalue weighted by atomic mass is 10.1. The highest BCUT2D eigenvalue weighted by Crippen LogP contribution is 2.17. The van der Waals surface area contributed by atoms with Gasteiger partial charge in [-0.15, -0.1) is 0 Å². The van der Waals surface area contributed by atoms with Crippen LogP contribution in [0.3, 0.4) is 0 Å². The van der Waals surface area contributed by atoms with Crippen molar-refractivity contribution >= 4 is 5.91 Å². The molecule has 1 N–H and O–H groups in total. The maximum Gasteiger partial charge on any atom is 0.236 e. The van der Waals surface area contributed by atoms with Crippen LogP contribution < -0.4 is 5.32 Å². The van der Waals surface area contributed by atoms with E-state index in [1.165, 1.54) is 0 Å². The van der Waals surface area contributed by atoms with Crippen LogP contribution in [0.5, 0.6) is 0 Å². The number of nitrogens with one attached hydrogen (secondary N) is 1. The molecule has 0 fully saturated rings. The molecule has 100 valence electrons. The van der Waals surface area contributed by atoms with Gasteiger partial charge in [-0.1, -0.05) is 0 Å². The van der Waals surface area contributed by atoms with Gasteiger partial charge in [-0.25, -0.2) is 0 Å². The summed E-state index contributed by atoms with van der Waals surface area (Å²) in [6.07, 6.45) is 3.50. The third kappa shape index (κ3) is 4.45. The Morgan fingerprint density at radius 3 is 2.44 bits per heavy atom. The number of nitrogens with zero attached hydrogens (tertiary/aromatic N) is 2. The molecule has 1 aromatic rings. The Hall–Kier alpha value is -1.42. The smallest absolute Gasteiger partial charge is 0.236 e. The van der Waals surface area contributed by atoms with Crippen LogP contribution in [0, 0.1) is 0 Å². The van der Waals surface area contributed by atoms with E-state index in [1.807, 2.05) is 46.9 Å². The molecule has 18 heavy (non-hydrogen) atoms. The lowest BCUT2D eigenvalue weighted by molar-refractivity contribution is -0.131. The fourth-order valence-electron chi connectivity index (χ4n) is 1.55. The molecule has 0 radical (unpaired) electrons. The summed E-state index contributed by atoms with van der Waals surface area (Å²) in [4.78, 5) is 17.8. The Morgan fingerprint density at radius 2 is 1.94 bits per heavy atom. The van der Waals surface area contributed by atoms with Crippen molar-refractivity contribution in [1.29, 1.82) is 0 Å². The van der Waals surface area contributed by atoms with Crippen LogP contribution >= 0.6 is 0 Å². The van der Waals surface area contributed by atoms with Crippen molar-refractivity contribution in [2.45, 2.75) is 39.3 Å². The zero-order valence-electron chi connectivity index (χ0n) is 11.9. The Balaban J connectivity index is 2.59. The summed E-state index contributed by atoms with van der Waals surface area (Å²) >= 11 is 0. The van der Waals surface area contributed by atoms with Gasteiger partial charge >= 0.3 is 0 Å². The van der Waals surface area contributed by atoms with Crippen molar-refractivity contribution in [3.05, 3.63) is 30.1 Å². The Morgan fingerprint density at radius 1 is 1.39 bits per heavy atom. The summed E-state index contributed by atoms with van der Waals surface area (Å²) in [6.45, 7) is 8.52. The Bertz CT molecular complexity index is 384. The molecule has 0 aliphatic carbocycles. The monoisotopic (exact) mass is 249 g/mol. The lowest BCUT2D eigenvalue weighted by Crippen LogP contribution is -2.44. The molecular weight excluding hydrogens is 226 g/mol. The van der Waals surface area contributed by atoms with E-state index in [2.05, 4.69) is 10.3 Å².